The molecule has 1 atom stereocenters. The number of nitrogens with zero attached hydrogens (tertiary/aromatic N) is 1. The highest BCUT2D eigenvalue weighted by Crippen LogP contribution is 2.22. The predicted octanol–water partition coefficient (Wildman–Crippen LogP) is 3.31. The van der Waals surface area contributed by atoms with Gasteiger partial charge in [0.25, 0.3) is 5.91 Å². The Labute approximate surface area is 174 Å². The lowest BCUT2D eigenvalue weighted by atomic mass is 10.1. The van der Waals surface area contributed by atoms with E-state index in [0.717, 1.165) is 15.6 Å². The molecule has 0 heterocycles. The first-order chi connectivity index (χ1) is 13.3. The molecule has 0 fully saturated rings. The molecule has 28 heavy (non-hydrogen) atoms. The van der Waals surface area contributed by atoms with Crippen LogP contribution in [0.15, 0.2) is 46.9 Å². The number of aryl methyl sites for hydroxylation is 1. The number of ether oxygens (including phenoxy) is 2. The zero-order chi connectivity index (χ0) is 20.7. The van der Waals surface area contributed by atoms with Crippen LogP contribution in [0.4, 0.5) is 0 Å². The quantitative estimate of drug-likeness (QED) is 0.672. The average molecular weight is 449 g/mol. The van der Waals surface area contributed by atoms with Crippen molar-refractivity contribution < 1.29 is 19.1 Å². The van der Waals surface area contributed by atoms with Gasteiger partial charge in [-0.3, -0.25) is 9.59 Å². The van der Waals surface area contributed by atoms with Crippen LogP contribution in [0.5, 0.6) is 11.5 Å². The Balaban J connectivity index is 2.15. The third-order valence-electron chi connectivity index (χ3n) is 4.39. The van der Waals surface area contributed by atoms with Crippen LogP contribution in [0.1, 0.15) is 18.1 Å². The SMILES string of the molecule is CNC(=O)C(C)N(Cc1cccc(OC)c1)C(=O)COc1ccc(Br)c(C)c1. The third kappa shape index (κ3) is 5.73. The van der Waals surface area contributed by atoms with Gasteiger partial charge < -0.3 is 19.7 Å². The molecule has 7 heteroatoms. The highest BCUT2D eigenvalue weighted by atomic mass is 79.9. The molecule has 2 aromatic carbocycles. The summed E-state index contributed by atoms with van der Waals surface area (Å²) in [6.45, 7) is 3.75. The van der Waals surface area contributed by atoms with Gasteiger partial charge in [0, 0.05) is 18.1 Å². The second kappa shape index (κ2) is 10.1. The van der Waals surface area contributed by atoms with E-state index < -0.39 is 6.04 Å². The summed E-state index contributed by atoms with van der Waals surface area (Å²) >= 11 is 3.44. The predicted molar refractivity (Wildman–Crippen MR) is 111 cm³/mol. The lowest BCUT2D eigenvalue weighted by Crippen LogP contribution is -2.48. The highest BCUT2D eigenvalue weighted by Gasteiger charge is 2.26. The van der Waals surface area contributed by atoms with E-state index in [1.807, 2.05) is 43.3 Å². The van der Waals surface area contributed by atoms with E-state index in [4.69, 9.17) is 9.47 Å². The van der Waals surface area contributed by atoms with Crippen LogP contribution in [0.2, 0.25) is 0 Å². The summed E-state index contributed by atoms with van der Waals surface area (Å²) in [4.78, 5) is 26.5. The third-order valence-corrected chi connectivity index (χ3v) is 5.28. The Hall–Kier alpha value is -2.54. The van der Waals surface area contributed by atoms with Crippen LogP contribution < -0.4 is 14.8 Å². The Morgan fingerprint density at radius 3 is 2.57 bits per heavy atom. The van der Waals surface area contributed by atoms with Gasteiger partial charge in [-0.1, -0.05) is 28.1 Å². The van der Waals surface area contributed by atoms with E-state index in [2.05, 4.69) is 21.2 Å². The maximum atomic E-state index is 12.9. The van der Waals surface area contributed by atoms with E-state index in [1.165, 1.54) is 4.90 Å². The molecule has 0 aliphatic heterocycles. The Morgan fingerprint density at radius 2 is 1.93 bits per heavy atom. The molecule has 0 spiro atoms. The molecule has 0 aromatic heterocycles. The van der Waals surface area contributed by atoms with Crippen LogP contribution in [-0.2, 0) is 16.1 Å². The van der Waals surface area contributed by atoms with E-state index >= 15 is 0 Å². The Morgan fingerprint density at radius 1 is 1.18 bits per heavy atom. The van der Waals surface area contributed by atoms with Gasteiger partial charge in [0.15, 0.2) is 6.61 Å². The summed E-state index contributed by atoms with van der Waals surface area (Å²) in [5.41, 5.74) is 1.87. The molecule has 2 amide bonds. The largest absolute Gasteiger partial charge is 0.497 e. The van der Waals surface area contributed by atoms with E-state index in [0.29, 0.717) is 11.5 Å². The summed E-state index contributed by atoms with van der Waals surface area (Å²) in [7, 11) is 3.14. The van der Waals surface area contributed by atoms with Crippen LogP contribution in [0.3, 0.4) is 0 Å². The molecule has 0 radical (unpaired) electrons. The van der Waals surface area contributed by atoms with Gasteiger partial charge in [-0.05, 0) is 55.3 Å². The number of hydrogen-bond donors (Lipinski definition) is 1. The second-order valence-electron chi connectivity index (χ2n) is 6.36. The lowest BCUT2D eigenvalue weighted by Gasteiger charge is -2.28. The van der Waals surface area contributed by atoms with Crippen LogP contribution in [-0.4, -0.2) is 43.5 Å². The number of amides is 2. The molecule has 0 bridgehead atoms. The molecular weight excluding hydrogens is 424 g/mol. The molecule has 1 N–H and O–H groups in total. The molecule has 2 aromatic rings. The summed E-state index contributed by atoms with van der Waals surface area (Å²) in [5.74, 6) is 0.775. The fraction of sp³-hybridized carbons (Fsp3) is 0.333. The Bertz CT molecular complexity index is 841. The topological polar surface area (TPSA) is 67.9 Å². The molecule has 1 unspecified atom stereocenters. The van der Waals surface area contributed by atoms with Crippen molar-refractivity contribution in [2.45, 2.75) is 26.4 Å². The summed E-state index contributed by atoms with van der Waals surface area (Å²) in [5, 5.41) is 2.59. The second-order valence-corrected chi connectivity index (χ2v) is 7.22. The van der Waals surface area contributed by atoms with Crippen molar-refractivity contribution in [1.82, 2.24) is 10.2 Å². The number of hydrogen-bond acceptors (Lipinski definition) is 4. The van der Waals surface area contributed by atoms with Crippen molar-refractivity contribution in [3.8, 4) is 11.5 Å². The number of carbonyl (C=O) groups excluding carboxylic acids is 2. The van der Waals surface area contributed by atoms with Crippen molar-refractivity contribution in [2.75, 3.05) is 20.8 Å². The number of likely N-dealkylation sites (N-methyl/N-ethyl adjacent to an activating group) is 1. The monoisotopic (exact) mass is 448 g/mol. The zero-order valence-corrected chi connectivity index (χ0v) is 18.1. The number of halogens is 1. The van der Waals surface area contributed by atoms with Gasteiger partial charge in [0.05, 0.1) is 7.11 Å². The molecule has 0 aliphatic carbocycles. The number of methoxy groups -OCH3 is 1. The number of nitrogens with one attached hydrogen (secondary N) is 1. The highest BCUT2D eigenvalue weighted by molar-refractivity contribution is 9.10. The standard InChI is InChI=1S/C21H25BrN2O4/c1-14-10-18(8-9-19(14)22)28-13-20(25)24(15(2)21(26)23-3)12-16-6-5-7-17(11-16)27-4/h5-11,15H,12-13H2,1-4H3,(H,23,26). The fourth-order valence-corrected chi connectivity index (χ4v) is 2.94. The normalized spacial score (nSPS) is 11.5. The van der Waals surface area contributed by atoms with Gasteiger partial charge in [-0.15, -0.1) is 0 Å². The smallest absolute Gasteiger partial charge is 0.261 e. The summed E-state index contributed by atoms with van der Waals surface area (Å²) in [6.07, 6.45) is 0. The Kier molecular flexibility index (Phi) is 7.87. The minimum atomic E-state index is -0.640. The first-order valence-corrected chi connectivity index (χ1v) is 9.68. The molecule has 0 saturated carbocycles. The van der Waals surface area contributed by atoms with Gasteiger partial charge >= 0.3 is 0 Å². The lowest BCUT2D eigenvalue weighted by molar-refractivity contribution is -0.142. The van der Waals surface area contributed by atoms with E-state index in [-0.39, 0.29) is 25.0 Å². The van der Waals surface area contributed by atoms with Crippen LogP contribution in [0.25, 0.3) is 0 Å². The molecule has 150 valence electrons. The van der Waals surface area contributed by atoms with Crippen LogP contribution >= 0.6 is 15.9 Å². The molecule has 6 nitrogen and oxygen atoms in total. The molecule has 0 aliphatic rings. The minimum Gasteiger partial charge on any atom is -0.497 e. The van der Waals surface area contributed by atoms with Crippen molar-refractivity contribution in [3.05, 3.63) is 58.1 Å². The fourth-order valence-electron chi connectivity index (χ4n) is 2.69. The van der Waals surface area contributed by atoms with E-state index in [1.54, 1.807) is 27.1 Å². The molecule has 0 saturated heterocycles. The van der Waals surface area contributed by atoms with Crippen molar-refractivity contribution in [2.24, 2.45) is 0 Å². The van der Waals surface area contributed by atoms with E-state index in [9.17, 15) is 9.59 Å². The first-order valence-electron chi connectivity index (χ1n) is 8.88. The first kappa shape index (κ1) is 21.8. The average Bonchev–Trinajstić information content (AvgIpc) is 2.71. The zero-order valence-electron chi connectivity index (χ0n) is 16.5. The van der Waals surface area contributed by atoms with Crippen molar-refractivity contribution in [1.29, 1.82) is 0 Å². The van der Waals surface area contributed by atoms with Gasteiger partial charge in [0.2, 0.25) is 5.91 Å². The summed E-state index contributed by atoms with van der Waals surface area (Å²) in [6, 6.07) is 12.3. The van der Waals surface area contributed by atoms with Gasteiger partial charge in [0.1, 0.15) is 17.5 Å². The molecular formula is C21H25BrN2O4. The van der Waals surface area contributed by atoms with Crippen LogP contribution in [0, 0.1) is 6.92 Å². The maximum absolute atomic E-state index is 12.9. The van der Waals surface area contributed by atoms with Crippen molar-refractivity contribution >= 4 is 27.7 Å². The van der Waals surface area contributed by atoms with Crippen molar-refractivity contribution in [3.63, 3.8) is 0 Å². The van der Waals surface area contributed by atoms with Gasteiger partial charge in [-0.25, -0.2) is 0 Å². The molecule has 2 rings (SSSR count). The number of benzene rings is 2. The number of rotatable bonds is 8. The maximum Gasteiger partial charge on any atom is 0.261 e. The number of carbonyl (C=O) groups is 2. The minimum absolute atomic E-state index is 0.160. The summed E-state index contributed by atoms with van der Waals surface area (Å²) < 4.78 is 11.9. The van der Waals surface area contributed by atoms with Gasteiger partial charge in [-0.2, -0.15) is 0 Å².